The van der Waals surface area contributed by atoms with Crippen molar-refractivity contribution in [3.05, 3.63) is 51.9 Å². The molecule has 0 fully saturated rings. The van der Waals surface area contributed by atoms with Crippen molar-refractivity contribution in [3.8, 4) is 11.4 Å². The normalized spacial score (nSPS) is 13.7. The third-order valence-corrected chi connectivity index (χ3v) is 5.11. The predicted octanol–water partition coefficient (Wildman–Crippen LogP) is 3.51. The Morgan fingerprint density at radius 2 is 2.15 bits per heavy atom. The number of nitrogens with zero attached hydrogens (tertiary/aromatic N) is 6. The number of aryl methyl sites for hydroxylation is 1. The molecule has 26 heavy (non-hydrogen) atoms. The molecule has 6 nitrogen and oxygen atoms in total. The van der Waals surface area contributed by atoms with Gasteiger partial charge in [-0.2, -0.15) is 5.10 Å². The smallest absolute Gasteiger partial charge is 0.151 e. The fourth-order valence-electron chi connectivity index (χ4n) is 3.14. The van der Waals surface area contributed by atoms with E-state index >= 15 is 0 Å². The van der Waals surface area contributed by atoms with Crippen LogP contribution in [-0.2, 0) is 13.0 Å². The largest absolute Gasteiger partial charge is 0.366 e. The summed E-state index contributed by atoms with van der Waals surface area (Å²) < 4.78 is 16.0. The highest BCUT2D eigenvalue weighted by atomic mass is 32.1. The van der Waals surface area contributed by atoms with Crippen LogP contribution in [-0.4, -0.2) is 36.2 Å². The maximum Gasteiger partial charge on any atom is 0.151 e. The molecule has 0 atom stereocenters. The van der Waals surface area contributed by atoms with Gasteiger partial charge in [0.05, 0.1) is 18.3 Å². The van der Waals surface area contributed by atoms with Crippen LogP contribution < -0.4 is 0 Å². The Morgan fingerprint density at radius 3 is 2.96 bits per heavy atom. The quantitative estimate of drug-likeness (QED) is 0.688. The monoisotopic (exact) mass is 370 g/mol. The number of fused-ring (bicyclic) bond motifs is 1. The number of rotatable bonds is 5. The molecule has 0 aliphatic carbocycles. The molecule has 1 aliphatic heterocycles. The molecule has 4 rings (SSSR count). The van der Waals surface area contributed by atoms with Crippen molar-refractivity contribution in [1.29, 1.82) is 0 Å². The molecule has 0 radical (unpaired) electrons. The lowest BCUT2D eigenvalue weighted by Gasteiger charge is -2.29. The summed E-state index contributed by atoms with van der Waals surface area (Å²) in [6.07, 6.45) is 5.31. The second kappa shape index (κ2) is 6.95. The molecular weight excluding hydrogens is 351 g/mol. The van der Waals surface area contributed by atoms with E-state index in [-0.39, 0.29) is 5.82 Å². The van der Waals surface area contributed by atoms with Gasteiger partial charge >= 0.3 is 0 Å². The van der Waals surface area contributed by atoms with Crippen molar-refractivity contribution in [3.63, 3.8) is 0 Å². The minimum atomic E-state index is -0.350. The van der Waals surface area contributed by atoms with Gasteiger partial charge in [0, 0.05) is 29.7 Å². The zero-order valence-corrected chi connectivity index (χ0v) is 15.5. The van der Waals surface area contributed by atoms with Crippen LogP contribution in [0.25, 0.3) is 17.6 Å². The van der Waals surface area contributed by atoms with E-state index in [0.717, 1.165) is 41.7 Å². The van der Waals surface area contributed by atoms with E-state index in [1.807, 2.05) is 17.8 Å². The Balaban J connectivity index is 1.69. The molecule has 0 spiro atoms. The second-order valence-electron chi connectivity index (χ2n) is 6.20. The number of hydrogen-bond donors (Lipinski definition) is 0. The third kappa shape index (κ3) is 3.12. The summed E-state index contributed by atoms with van der Waals surface area (Å²) in [6, 6.07) is 3.01. The zero-order valence-electron chi connectivity index (χ0n) is 14.7. The lowest BCUT2D eigenvalue weighted by Crippen LogP contribution is -2.30. The Hall–Kier alpha value is -2.61. The van der Waals surface area contributed by atoms with Crippen molar-refractivity contribution in [2.45, 2.75) is 33.2 Å². The van der Waals surface area contributed by atoms with E-state index in [0.29, 0.717) is 17.8 Å². The average molecular weight is 370 g/mol. The van der Waals surface area contributed by atoms with Gasteiger partial charge in [0.2, 0.25) is 0 Å². The lowest BCUT2D eigenvalue weighted by atomic mass is 10.1. The fourth-order valence-corrected chi connectivity index (χ4v) is 3.92. The highest BCUT2D eigenvalue weighted by Crippen LogP contribution is 2.30. The van der Waals surface area contributed by atoms with Crippen molar-refractivity contribution in [2.75, 3.05) is 6.54 Å². The molecule has 0 unspecified atom stereocenters. The molecule has 3 aromatic rings. The Morgan fingerprint density at radius 1 is 1.27 bits per heavy atom. The van der Waals surface area contributed by atoms with E-state index in [2.05, 4.69) is 31.9 Å². The zero-order chi connectivity index (χ0) is 18.1. The molecule has 0 N–H and O–H groups in total. The first kappa shape index (κ1) is 16.8. The van der Waals surface area contributed by atoms with Crippen molar-refractivity contribution < 1.29 is 4.39 Å². The minimum Gasteiger partial charge on any atom is -0.366 e. The summed E-state index contributed by atoms with van der Waals surface area (Å²) in [6.45, 7) is 5.72. The first-order chi connectivity index (χ1) is 12.7. The summed E-state index contributed by atoms with van der Waals surface area (Å²) in [5, 5.41) is 4.44. The fraction of sp³-hybridized carbons (Fsp3) is 0.333. The number of allylic oxidation sites excluding steroid dienone is 1. The van der Waals surface area contributed by atoms with Crippen LogP contribution in [0.15, 0.2) is 29.5 Å². The highest BCUT2D eigenvalue weighted by molar-refractivity contribution is 7.10. The van der Waals surface area contributed by atoms with E-state index in [1.54, 1.807) is 17.8 Å². The van der Waals surface area contributed by atoms with Gasteiger partial charge < -0.3 is 4.90 Å². The van der Waals surface area contributed by atoms with Crippen LogP contribution in [0.1, 0.15) is 29.9 Å². The summed E-state index contributed by atoms with van der Waals surface area (Å²) in [5.74, 6) is 1.36. The molecule has 0 bridgehead atoms. The van der Waals surface area contributed by atoms with Gasteiger partial charge in [0.25, 0.3) is 0 Å². The van der Waals surface area contributed by atoms with Crippen molar-refractivity contribution >= 4 is 17.5 Å². The van der Waals surface area contributed by atoms with E-state index in [1.165, 1.54) is 17.4 Å². The molecule has 8 heteroatoms. The van der Waals surface area contributed by atoms with Gasteiger partial charge in [-0.1, -0.05) is 6.92 Å². The van der Waals surface area contributed by atoms with Crippen LogP contribution in [0.2, 0.25) is 0 Å². The first-order valence-corrected chi connectivity index (χ1v) is 9.44. The van der Waals surface area contributed by atoms with Gasteiger partial charge in [-0.05, 0) is 25.5 Å². The van der Waals surface area contributed by atoms with Crippen LogP contribution in [0.3, 0.4) is 0 Å². The lowest BCUT2D eigenvalue weighted by molar-refractivity contribution is 0.311. The van der Waals surface area contributed by atoms with Crippen LogP contribution in [0, 0.1) is 12.7 Å². The number of hydrogen-bond acceptors (Lipinski definition) is 6. The van der Waals surface area contributed by atoms with Crippen molar-refractivity contribution in [1.82, 2.24) is 29.6 Å². The van der Waals surface area contributed by atoms with Gasteiger partial charge in [0.15, 0.2) is 11.6 Å². The number of thiazole rings is 1. The average Bonchev–Trinajstić information content (AvgIpc) is 3.21. The molecule has 4 heterocycles. The molecule has 1 aliphatic rings. The minimum absolute atomic E-state index is 0.305. The standard InChI is InChI=1S/C18H19FN6S/c1-3-7-24-10-16-22-12(2)23-25(16)9-13(24)8-15-18(21-11-26-15)17-14(19)5-4-6-20-17/h4-6,9,11H,3,7-8,10H2,1-2H3. The van der Waals surface area contributed by atoms with Gasteiger partial charge in [0.1, 0.15) is 17.2 Å². The van der Waals surface area contributed by atoms with Gasteiger partial charge in [-0.15, -0.1) is 11.3 Å². The number of halogens is 1. The molecule has 0 saturated carbocycles. The summed E-state index contributed by atoms with van der Waals surface area (Å²) in [5.41, 5.74) is 3.80. The summed E-state index contributed by atoms with van der Waals surface area (Å²) in [7, 11) is 0. The topological polar surface area (TPSA) is 59.7 Å². The van der Waals surface area contributed by atoms with Crippen molar-refractivity contribution in [2.24, 2.45) is 0 Å². The Bertz CT molecular complexity index is 960. The Kier molecular flexibility index (Phi) is 4.50. The maximum absolute atomic E-state index is 14.2. The van der Waals surface area contributed by atoms with Crippen LogP contribution >= 0.6 is 11.3 Å². The van der Waals surface area contributed by atoms with E-state index < -0.39 is 0 Å². The molecular formula is C18H19FN6S. The molecule has 0 aromatic carbocycles. The molecule has 0 amide bonds. The number of pyridine rings is 1. The molecule has 0 saturated heterocycles. The molecule has 3 aromatic heterocycles. The SMILES string of the molecule is CCCN1Cc2nc(C)nn2C=C1Cc1scnc1-c1ncccc1F. The van der Waals surface area contributed by atoms with Gasteiger partial charge in [-0.3, -0.25) is 4.98 Å². The number of aromatic nitrogens is 5. The van der Waals surface area contributed by atoms with Crippen LogP contribution in [0.5, 0.6) is 0 Å². The third-order valence-electron chi connectivity index (χ3n) is 4.28. The Labute approximate surface area is 155 Å². The summed E-state index contributed by atoms with van der Waals surface area (Å²) in [4.78, 5) is 16.3. The van der Waals surface area contributed by atoms with Gasteiger partial charge in [-0.25, -0.2) is 19.0 Å². The maximum atomic E-state index is 14.2. The summed E-state index contributed by atoms with van der Waals surface area (Å²) >= 11 is 1.52. The molecule has 134 valence electrons. The van der Waals surface area contributed by atoms with Crippen LogP contribution in [0.4, 0.5) is 4.39 Å². The highest BCUT2D eigenvalue weighted by Gasteiger charge is 2.23. The van der Waals surface area contributed by atoms with E-state index in [9.17, 15) is 4.39 Å². The predicted molar refractivity (Wildman–Crippen MR) is 98.7 cm³/mol. The first-order valence-electron chi connectivity index (χ1n) is 8.56. The van der Waals surface area contributed by atoms with E-state index in [4.69, 9.17) is 0 Å². The second-order valence-corrected chi connectivity index (χ2v) is 7.14.